The molecule has 0 N–H and O–H groups in total. The molecule has 0 aromatic heterocycles. The molecule has 0 saturated carbocycles. The summed E-state index contributed by atoms with van der Waals surface area (Å²) in [5.74, 6) is 2.33. The first kappa shape index (κ1) is 9.65. The smallest absolute Gasteiger partial charge is 0.00217 e. The fraction of sp³-hybridized carbons (Fsp3) is 0.250. The molecular formula is C16H16. The summed E-state index contributed by atoms with van der Waals surface area (Å²) in [5.41, 5.74) is 0. The Morgan fingerprint density at radius 3 is 1.06 bits per heavy atom. The Hall–Kier alpha value is -1.56. The van der Waals surface area contributed by atoms with E-state index >= 15 is 0 Å². The molecule has 16 heavy (non-hydrogen) atoms. The first-order valence-electron chi connectivity index (χ1n) is 6.00. The van der Waals surface area contributed by atoms with E-state index in [9.17, 15) is 0 Å². The van der Waals surface area contributed by atoms with Crippen LogP contribution in [0, 0.1) is 23.7 Å². The van der Waals surface area contributed by atoms with Crippen molar-refractivity contribution >= 4 is 0 Å². The molecule has 0 radical (unpaired) electrons. The summed E-state index contributed by atoms with van der Waals surface area (Å²) in [4.78, 5) is 0. The highest BCUT2D eigenvalue weighted by molar-refractivity contribution is 5.29. The standard InChI is InChI=1S/C16H16/c1-2-8-14-10-4-6-12-16(14)15-11-5-3-9-13(15)7-1/h1-16H. The molecule has 0 heteroatoms. The average Bonchev–Trinajstić information content (AvgIpc) is 2.33. The predicted octanol–water partition coefficient (Wildman–Crippen LogP) is 3.83. The van der Waals surface area contributed by atoms with Crippen molar-refractivity contribution in [2.24, 2.45) is 23.7 Å². The van der Waals surface area contributed by atoms with Gasteiger partial charge in [0.1, 0.15) is 0 Å². The van der Waals surface area contributed by atoms with Gasteiger partial charge >= 0.3 is 0 Å². The highest BCUT2D eigenvalue weighted by Gasteiger charge is 2.29. The topological polar surface area (TPSA) is 0 Å². The van der Waals surface area contributed by atoms with Crippen LogP contribution >= 0.6 is 0 Å². The van der Waals surface area contributed by atoms with Gasteiger partial charge in [0, 0.05) is 11.8 Å². The van der Waals surface area contributed by atoms with Crippen molar-refractivity contribution in [2.75, 3.05) is 0 Å². The molecule has 0 spiro atoms. The van der Waals surface area contributed by atoms with Gasteiger partial charge in [-0.2, -0.15) is 0 Å². The Labute approximate surface area is 97.1 Å². The molecule has 0 aromatic carbocycles. The Morgan fingerprint density at radius 2 is 0.688 bits per heavy atom. The summed E-state index contributed by atoms with van der Waals surface area (Å²) in [7, 11) is 0. The Kier molecular flexibility index (Phi) is 2.49. The second-order valence-corrected chi connectivity index (χ2v) is 4.62. The molecule has 0 aromatic rings. The van der Waals surface area contributed by atoms with Gasteiger partial charge in [-0.1, -0.05) is 72.9 Å². The molecule has 0 unspecified atom stereocenters. The maximum absolute atomic E-state index is 2.36. The van der Waals surface area contributed by atoms with Gasteiger partial charge in [-0.3, -0.25) is 0 Å². The van der Waals surface area contributed by atoms with Gasteiger partial charge in [-0.15, -0.1) is 0 Å². The second kappa shape index (κ2) is 4.13. The van der Waals surface area contributed by atoms with Gasteiger partial charge in [0.05, 0.1) is 0 Å². The van der Waals surface area contributed by atoms with Crippen LogP contribution in [0.15, 0.2) is 72.9 Å². The minimum atomic E-state index is 0.554. The molecule has 0 nitrogen and oxygen atoms in total. The molecule has 3 rings (SSSR count). The molecule has 0 bridgehead atoms. The van der Waals surface area contributed by atoms with Crippen LogP contribution in [0.5, 0.6) is 0 Å². The van der Waals surface area contributed by atoms with E-state index < -0.39 is 0 Å². The van der Waals surface area contributed by atoms with Crippen molar-refractivity contribution in [1.82, 2.24) is 0 Å². The third-order valence-electron chi connectivity index (χ3n) is 3.67. The van der Waals surface area contributed by atoms with Gasteiger partial charge < -0.3 is 0 Å². The van der Waals surface area contributed by atoms with Crippen LogP contribution in [-0.2, 0) is 0 Å². The van der Waals surface area contributed by atoms with Crippen LogP contribution in [0.4, 0.5) is 0 Å². The lowest BCUT2D eigenvalue weighted by Crippen LogP contribution is -2.26. The Morgan fingerprint density at radius 1 is 0.375 bits per heavy atom. The number of hydrogen-bond acceptors (Lipinski definition) is 0. The number of fused-ring (bicyclic) bond motifs is 3. The third kappa shape index (κ3) is 1.65. The van der Waals surface area contributed by atoms with E-state index in [4.69, 9.17) is 0 Å². The zero-order valence-corrected chi connectivity index (χ0v) is 9.24. The van der Waals surface area contributed by atoms with Crippen molar-refractivity contribution in [3.8, 4) is 0 Å². The van der Waals surface area contributed by atoms with Crippen molar-refractivity contribution in [3.05, 3.63) is 72.9 Å². The normalized spacial score (nSPS) is 39.0. The predicted molar refractivity (Wildman–Crippen MR) is 68.8 cm³/mol. The lowest BCUT2D eigenvalue weighted by atomic mass is 9.71. The van der Waals surface area contributed by atoms with Gasteiger partial charge in [0.2, 0.25) is 0 Å². The molecule has 0 aliphatic heterocycles. The van der Waals surface area contributed by atoms with Gasteiger partial charge in [0.25, 0.3) is 0 Å². The fourth-order valence-electron chi connectivity index (χ4n) is 2.82. The number of allylic oxidation sites excluding steroid dienone is 12. The molecule has 0 atom stereocenters. The fourth-order valence-corrected chi connectivity index (χ4v) is 2.82. The molecule has 80 valence electrons. The lowest BCUT2D eigenvalue weighted by molar-refractivity contribution is 0.367. The quantitative estimate of drug-likeness (QED) is 0.567. The van der Waals surface area contributed by atoms with E-state index in [0.717, 1.165) is 0 Å². The van der Waals surface area contributed by atoms with Crippen LogP contribution in [0.2, 0.25) is 0 Å². The maximum Gasteiger partial charge on any atom is 0.00217 e. The van der Waals surface area contributed by atoms with E-state index in [1.54, 1.807) is 0 Å². The number of rotatable bonds is 0. The van der Waals surface area contributed by atoms with Gasteiger partial charge in [-0.25, -0.2) is 0 Å². The summed E-state index contributed by atoms with van der Waals surface area (Å²) in [6.07, 6.45) is 27.0. The van der Waals surface area contributed by atoms with E-state index in [1.165, 1.54) is 0 Å². The first-order chi connectivity index (χ1) is 7.95. The molecular weight excluding hydrogens is 192 g/mol. The van der Waals surface area contributed by atoms with Crippen LogP contribution in [0.3, 0.4) is 0 Å². The average molecular weight is 208 g/mol. The largest absolute Gasteiger partial charge is 0.0799 e. The highest BCUT2D eigenvalue weighted by Crippen LogP contribution is 2.37. The summed E-state index contributed by atoms with van der Waals surface area (Å²) >= 11 is 0. The second-order valence-electron chi connectivity index (χ2n) is 4.62. The van der Waals surface area contributed by atoms with Crippen molar-refractivity contribution in [1.29, 1.82) is 0 Å². The summed E-state index contributed by atoms with van der Waals surface area (Å²) < 4.78 is 0. The van der Waals surface area contributed by atoms with Crippen LogP contribution < -0.4 is 0 Å². The van der Waals surface area contributed by atoms with E-state index in [1.807, 2.05) is 0 Å². The van der Waals surface area contributed by atoms with Crippen LogP contribution in [0.25, 0.3) is 0 Å². The summed E-state index contributed by atoms with van der Waals surface area (Å²) in [6, 6.07) is 0. The minimum Gasteiger partial charge on any atom is -0.0799 e. The first-order valence-corrected chi connectivity index (χ1v) is 6.00. The van der Waals surface area contributed by atoms with Crippen LogP contribution in [-0.4, -0.2) is 0 Å². The molecule has 0 heterocycles. The number of hydrogen-bond donors (Lipinski definition) is 0. The lowest BCUT2D eigenvalue weighted by Gasteiger charge is -2.33. The van der Waals surface area contributed by atoms with Crippen molar-refractivity contribution < 1.29 is 0 Å². The third-order valence-corrected chi connectivity index (χ3v) is 3.67. The minimum absolute atomic E-state index is 0.554. The summed E-state index contributed by atoms with van der Waals surface area (Å²) in [6.45, 7) is 0. The molecule has 0 fully saturated rings. The zero-order valence-electron chi connectivity index (χ0n) is 9.24. The molecule has 0 saturated heterocycles. The molecule has 3 aliphatic carbocycles. The monoisotopic (exact) mass is 208 g/mol. The Bertz CT molecular complexity index is 387. The Balaban J connectivity index is 1.99. The van der Waals surface area contributed by atoms with Crippen LogP contribution in [0.1, 0.15) is 0 Å². The van der Waals surface area contributed by atoms with Crippen molar-refractivity contribution in [2.45, 2.75) is 0 Å². The highest BCUT2D eigenvalue weighted by atomic mass is 14.3. The maximum atomic E-state index is 2.36. The SMILES string of the molecule is C1=CC2C=CC=CC2C2C=CC=CC2C=C1. The zero-order chi connectivity index (χ0) is 10.8. The van der Waals surface area contributed by atoms with Gasteiger partial charge in [0.15, 0.2) is 0 Å². The van der Waals surface area contributed by atoms with E-state index in [0.29, 0.717) is 23.7 Å². The van der Waals surface area contributed by atoms with E-state index in [2.05, 4.69) is 72.9 Å². The van der Waals surface area contributed by atoms with Crippen molar-refractivity contribution in [3.63, 3.8) is 0 Å². The summed E-state index contributed by atoms with van der Waals surface area (Å²) in [5, 5.41) is 0. The molecule has 0 amide bonds. The molecule has 3 aliphatic rings. The van der Waals surface area contributed by atoms with Gasteiger partial charge in [-0.05, 0) is 11.8 Å². The van der Waals surface area contributed by atoms with E-state index in [-0.39, 0.29) is 0 Å².